The Kier molecular flexibility index (Phi) is 8.35. The van der Waals surface area contributed by atoms with Crippen molar-refractivity contribution < 1.29 is 14.3 Å². The van der Waals surface area contributed by atoms with Gasteiger partial charge in [0.25, 0.3) is 0 Å². The largest absolute Gasteiger partial charge is 0.444 e. The molecule has 8 heteroatoms. The van der Waals surface area contributed by atoms with E-state index in [2.05, 4.69) is 34.6 Å². The first-order chi connectivity index (χ1) is 12.4. The Hall–Kier alpha value is -1.54. The molecule has 1 aliphatic heterocycles. The van der Waals surface area contributed by atoms with Crippen LogP contribution in [0.2, 0.25) is 0 Å². The molecule has 2 atom stereocenters. The van der Waals surface area contributed by atoms with Crippen molar-refractivity contribution in [1.29, 1.82) is 0 Å². The highest BCUT2D eigenvalue weighted by molar-refractivity contribution is 5.79. The second kappa shape index (κ2) is 9.59. The van der Waals surface area contributed by atoms with Gasteiger partial charge in [-0.25, -0.2) is 4.79 Å². The number of aliphatic imine (C=N–C) groups is 1. The summed E-state index contributed by atoms with van der Waals surface area (Å²) in [5.41, 5.74) is -1.28. The standard InChI is InChI=1S/C19H39N5O3/c1-14-15(13-22-16(20-7)21-11-10-12-23(8)9)24(19(5,6)26-14)17(25)27-18(2,3)4/h14-15H,10-13H2,1-9H3,(H2,20,21,22). The summed E-state index contributed by atoms with van der Waals surface area (Å²) in [6, 6.07) is -0.157. The summed E-state index contributed by atoms with van der Waals surface area (Å²) in [4.78, 5) is 20.9. The zero-order valence-electron chi connectivity index (χ0n) is 18.5. The summed E-state index contributed by atoms with van der Waals surface area (Å²) in [5.74, 6) is 0.717. The number of hydrogen-bond donors (Lipinski definition) is 2. The van der Waals surface area contributed by atoms with Crippen LogP contribution in [0.15, 0.2) is 4.99 Å². The van der Waals surface area contributed by atoms with Gasteiger partial charge in [-0.05, 0) is 68.6 Å². The summed E-state index contributed by atoms with van der Waals surface area (Å²) in [6.45, 7) is 13.7. The Balaban J connectivity index is 2.70. The highest BCUT2D eigenvalue weighted by Gasteiger charge is 2.49. The van der Waals surface area contributed by atoms with Gasteiger partial charge in [0.15, 0.2) is 5.96 Å². The first kappa shape index (κ1) is 23.5. The Bertz CT molecular complexity index is 514. The van der Waals surface area contributed by atoms with Crippen LogP contribution in [0.3, 0.4) is 0 Å². The van der Waals surface area contributed by atoms with E-state index in [0.29, 0.717) is 6.54 Å². The van der Waals surface area contributed by atoms with E-state index >= 15 is 0 Å². The predicted molar refractivity (Wildman–Crippen MR) is 109 cm³/mol. The van der Waals surface area contributed by atoms with Crippen molar-refractivity contribution >= 4 is 12.1 Å². The Morgan fingerprint density at radius 1 is 1.30 bits per heavy atom. The molecule has 0 aromatic carbocycles. The Labute approximate surface area is 164 Å². The van der Waals surface area contributed by atoms with Crippen LogP contribution in [-0.2, 0) is 9.47 Å². The molecule has 0 aliphatic carbocycles. The second-order valence-electron chi connectivity index (χ2n) is 8.72. The minimum atomic E-state index is -0.725. The van der Waals surface area contributed by atoms with Gasteiger partial charge in [-0.1, -0.05) is 0 Å². The first-order valence-electron chi connectivity index (χ1n) is 9.67. The molecule has 1 heterocycles. The Morgan fingerprint density at radius 2 is 1.93 bits per heavy atom. The smallest absolute Gasteiger partial charge is 0.412 e. The molecule has 2 unspecified atom stereocenters. The molecule has 2 N–H and O–H groups in total. The van der Waals surface area contributed by atoms with Crippen molar-refractivity contribution in [1.82, 2.24) is 20.4 Å². The van der Waals surface area contributed by atoms with Gasteiger partial charge in [-0.3, -0.25) is 9.89 Å². The van der Waals surface area contributed by atoms with E-state index in [9.17, 15) is 4.79 Å². The number of nitrogens with one attached hydrogen (secondary N) is 2. The van der Waals surface area contributed by atoms with Crippen LogP contribution in [0.1, 0.15) is 48.0 Å². The lowest BCUT2D eigenvalue weighted by atomic mass is 10.1. The zero-order valence-corrected chi connectivity index (χ0v) is 18.5. The maximum Gasteiger partial charge on any atom is 0.412 e. The fourth-order valence-corrected chi connectivity index (χ4v) is 3.15. The molecular weight excluding hydrogens is 346 g/mol. The molecule has 1 amide bonds. The van der Waals surface area contributed by atoms with Crippen molar-refractivity contribution in [2.75, 3.05) is 40.8 Å². The van der Waals surface area contributed by atoms with Crippen molar-refractivity contribution in [3.63, 3.8) is 0 Å². The lowest BCUT2D eigenvalue weighted by molar-refractivity contribution is -0.0755. The van der Waals surface area contributed by atoms with Crippen LogP contribution in [-0.4, -0.2) is 86.1 Å². The van der Waals surface area contributed by atoms with E-state index in [-0.39, 0.29) is 18.2 Å². The topological polar surface area (TPSA) is 78.4 Å². The zero-order chi connectivity index (χ0) is 20.8. The molecule has 0 aromatic heterocycles. The van der Waals surface area contributed by atoms with Gasteiger partial charge in [0.05, 0.1) is 12.1 Å². The fraction of sp³-hybridized carbons (Fsp3) is 0.895. The number of carbonyl (C=O) groups excluding carboxylic acids is 1. The molecule has 1 rings (SSSR count). The van der Waals surface area contributed by atoms with E-state index in [1.54, 1.807) is 11.9 Å². The summed E-state index contributed by atoms with van der Waals surface area (Å²) in [6.07, 6.45) is 0.540. The lowest BCUT2D eigenvalue weighted by Gasteiger charge is -2.35. The van der Waals surface area contributed by atoms with Gasteiger partial charge in [0, 0.05) is 20.1 Å². The van der Waals surface area contributed by atoms with Crippen LogP contribution in [0, 0.1) is 0 Å². The summed E-state index contributed by atoms with van der Waals surface area (Å²) >= 11 is 0. The van der Waals surface area contributed by atoms with E-state index in [4.69, 9.17) is 9.47 Å². The van der Waals surface area contributed by atoms with Crippen molar-refractivity contribution in [3.8, 4) is 0 Å². The predicted octanol–water partition coefficient (Wildman–Crippen LogP) is 1.86. The van der Waals surface area contributed by atoms with Gasteiger partial charge >= 0.3 is 6.09 Å². The van der Waals surface area contributed by atoms with Crippen LogP contribution in [0.25, 0.3) is 0 Å². The average molecular weight is 386 g/mol. The number of nitrogens with zero attached hydrogens (tertiary/aromatic N) is 3. The van der Waals surface area contributed by atoms with Gasteiger partial charge in [0.2, 0.25) is 0 Å². The van der Waals surface area contributed by atoms with Crippen molar-refractivity contribution in [2.45, 2.75) is 71.4 Å². The highest BCUT2D eigenvalue weighted by Crippen LogP contribution is 2.33. The molecule has 1 aliphatic rings. The highest BCUT2D eigenvalue weighted by atomic mass is 16.6. The minimum Gasteiger partial charge on any atom is -0.444 e. The van der Waals surface area contributed by atoms with Crippen LogP contribution < -0.4 is 10.6 Å². The van der Waals surface area contributed by atoms with E-state index in [1.807, 2.05) is 41.5 Å². The van der Waals surface area contributed by atoms with Crippen LogP contribution in [0.5, 0.6) is 0 Å². The quantitative estimate of drug-likeness (QED) is 0.413. The summed E-state index contributed by atoms with van der Waals surface area (Å²) in [5, 5.41) is 6.61. The monoisotopic (exact) mass is 385 g/mol. The first-order valence-corrected chi connectivity index (χ1v) is 9.67. The fourth-order valence-electron chi connectivity index (χ4n) is 3.15. The number of hydrogen-bond acceptors (Lipinski definition) is 5. The van der Waals surface area contributed by atoms with Gasteiger partial charge < -0.3 is 25.0 Å². The molecule has 0 bridgehead atoms. The normalized spacial score (nSPS) is 22.9. The molecule has 158 valence electrons. The van der Waals surface area contributed by atoms with Crippen molar-refractivity contribution in [2.24, 2.45) is 4.99 Å². The van der Waals surface area contributed by atoms with E-state index in [1.165, 1.54) is 0 Å². The van der Waals surface area contributed by atoms with E-state index < -0.39 is 11.3 Å². The Morgan fingerprint density at radius 3 is 2.44 bits per heavy atom. The second-order valence-corrected chi connectivity index (χ2v) is 8.72. The number of guanidine groups is 1. The number of amides is 1. The van der Waals surface area contributed by atoms with Crippen molar-refractivity contribution in [3.05, 3.63) is 0 Å². The molecule has 1 fully saturated rings. The maximum atomic E-state index is 12.8. The number of carbonyl (C=O) groups is 1. The molecular formula is C19H39N5O3. The SMILES string of the molecule is CN=C(NCCCN(C)C)NCC1C(C)OC(C)(C)N1C(=O)OC(C)(C)C. The molecule has 1 saturated heterocycles. The summed E-state index contributed by atoms with van der Waals surface area (Å²) < 4.78 is 11.6. The molecule has 0 radical (unpaired) electrons. The molecule has 27 heavy (non-hydrogen) atoms. The molecule has 8 nitrogen and oxygen atoms in total. The molecule has 0 saturated carbocycles. The molecule has 0 spiro atoms. The maximum absolute atomic E-state index is 12.8. The van der Waals surface area contributed by atoms with Crippen LogP contribution >= 0.6 is 0 Å². The third-order valence-corrected chi connectivity index (χ3v) is 4.29. The van der Waals surface area contributed by atoms with Gasteiger partial charge in [-0.2, -0.15) is 0 Å². The molecule has 0 aromatic rings. The third-order valence-electron chi connectivity index (χ3n) is 4.29. The number of rotatable bonds is 6. The lowest BCUT2D eigenvalue weighted by Crippen LogP contribution is -2.54. The third kappa shape index (κ3) is 7.54. The van der Waals surface area contributed by atoms with Crippen LogP contribution in [0.4, 0.5) is 4.79 Å². The van der Waals surface area contributed by atoms with Gasteiger partial charge in [0.1, 0.15) is 11.3 Å². The average Bonchev–Trinajstić information content (AvgIpc) is 2.73. The van der Waals surface area contributed by atoms with E-state index in [0.717, 1.165) is 25.5 Å². The number of ether oxygens (including phenoxy) is 2. The van der Waals surface area contributed by atoms with Gasteiger partial charge in [-0.15, -0.1) is 0 Å². The minimum absolute atomic E-state index is 0.119. The summed E-state index contributed by atoms with van der Waals surface area (Å²) in [7, 11) is 5.86.